The number of ether oxygens (including phenoxy) is 3. The molecule has 4 heterocycles. The quantitative estimate of drug-likeness (QED) is 0.184. The van der Waals surface area contributed by atoms with Crippen LogP contribution in [0.25, 0.3) is 5.69 Å². The van der Waals surface area contributed by atoms with Crippen LogP contribution in [0.3, 0.4) is 0 Å². The van der Waals surface area contributed by atoms with Crippen molar-refractivity contribution < 1.29 is 37.0 Å². The Morgan fingerprint density at radius 3 is 2.40 bits per heavy atom. The summed E-state index contributed by atoms with van der Waals surface area (Å²) in [6.45, 7) is 6.78. The number of carbonyl (C=O) groups is 2. The number of hydrogen-bond acceptors (Lipinski definition) is 10. The van der Waals surface area contributed by atoms with Crippen LogP contribution in [0.4, 0.5) is 29.7 Å². The van der Waals surface area contributed by atoms with Gasteiger partial charge in [-0.25, -0.2) is 14.3 Å². The number of nitrogens with zero attached hydrogens (tertiary/aromatic N) is 6. The summed E-state index contributed by atoms with van der Waals surface area (Å²) >= 11 is 0. The van der Waals surface area contributed by atoms with Gasteiger partial charge in [0, 0.05) is 37.5 Å². The Hall–Kier alpha value is -5.34. The second-order valence-corrected chi connectivity index (χ2v) is 13.2. The van der Waals surface area contributed by atoms with Crippen LogP contribution in [-0.2, 0) is 27.3 Å². The molecule has 2 aliphatic rings. The Morgan fingerprint density at radius 2 is 1.75 bits per heavy atom. The lowest BCUT2D eigenvalue weighted by atomic mass is 9.76. The van der Waals surface area contributed by atoms with Gasteiger partial charge >= 0.3 is 18.2 Å². The van der Waals surface area contributed by atoms with Crippen molar-refractivity contribution in [2.75, 3.05) is 36.9 Å². The molecular weight excluding hydrogens is 679 g/mol. The maximum atomic E-state index is 14.8. The van der Waals surface area contributed by atoms with Gasteiger partial charge in [0.15, 0.2) is 0 Å². The minimum absolute atomic E-state index is 0.0650. The van der Waals surface area contributed by atoms with E-state index in [0.29, 0.717) is 56.8 Å². The van der Waals surface area contributed by atoms with Crippen molar-refractivity contribution in [1.29, 1.82) is 0 Å². The number of alkyl halides is 3. The predicted octanol–water partition coefficient (Wildman–Crippen LogP) is 6.36. The normalized spacial score (nSPS) is 17.6. The number of likely N-dealkylation sites (tertiary alicyclic amines) is 1. The summed E-state index contributed by atoms with van der Waals surface area (Å²) < 4.78 is 62.2. The second kappa shape index (κ2) is 15.1. The first-order valence-electron chi connectivity index (χ1n) is 17.3. The van der Waals surface area contributed by atoms with Crippen molar-refractivity contribution in [3.05, 3.63) is 89.2 Å². The first-order chi connectivity index (χ1) is 24.9. The number of nitrogens with two attached hydrogens (primary N) is 1. The zero-order valence-corrected chi connectivity index (χ0v) is 29.3. The van der Waals surface area contributed by atoms with Crippen molar-refractivity contribution in [2.24, 2.45) is 5.41 Å². The number of aryl methyl sites for hydroxylation is 2. The van der Waals surface area contributed by atoms with E-state index in [9.17, 15) is 22.8 Å². The Balaban J connectivity index is 1.19. The summed E-state index contributed by atoms with van der Waals surface area (Å²) in [5, 5.41) is 4.35. The van der Waals surface area contributed by atoms with Gasteiger partial charge in [-0.3, -0.25) is 4.90 Å². The van der Waals surface area contributed by atoms with Gasteiger partial charge < -0.3 is 24.8 Å². The molecule has 0 saturated carbocycles. The van der Waals surface area contributed by atoms with Crippen molar-refractivity contribution in [3.63, 3.8) is 0 Å². The number of esters is 1. The average Bonchev–Trinajstić information content (AvgIpc) is 3.73. The Labute approximate surface area is 299 Å². The Bertz CT molecular complexity index is 1880. The molecule has 2 N–H and O–H groups in total. The average molecular weight is 722 g/mol. The first kappa shape index (κ1) is 36.5. The zero-order valence-electron chi connectivity index (χ0n) is 29.3. The lowest BCUT2D eigenvalue weighted by Crippen LogP contribution is -2.43. The number of rotatable bonds is 10. The summed E-state index contributed by atoms with van der Waals surface area (Å²) in [5.74, 6) is -0.753. The van der Waals surface area contributed by atoms with Gasteiger partial charge in [-0.05, 0) is 68.2 Å². The summed E-state index contributed by atoms with van der Waals surface area (Å²) in [7, 11) is 0. The van der Waals surface area contributed by atoms with Gasteiger partial charge in [0.05, 0.1) is 18.0 Å². The van der Waals surface area contributed by atoms with Crippen LogP contribution in [0.2, 0.25) is 0 Å². The van der Waals surface area contributed by atoms with Gasteiger partial charge in [-0.1, -0.05) is 49.4 Å². The maximum absolute atomic E-state index is 14.8. The smallest absolute Gasteiger partial charge is 0.429 e. The largest absolute Gasteiger partial charge is 0.464 e. The molecule has 6 rings (SSSR count). The minimum Gasteiger partial charge on any atom is -0.464 e. The number of aromatic nitrogens is 4. The molecule has 52 heavy (non-hydrogen) atoms. The standard InChI is InChI=1S/C37H42F3N7O5/c1-4-25-11-12-27(28(19-25)47-16-13-24(3)44-47)32(37(38,39)40)52-31-20-30(42-34(41)43-31)45-17-14-36(15-18-45)21-29(33(48)50-5-2)46(23-36)35(49)51-22-26-9-7-6-8-10-26/h6-13,16,19-20,29,32H,4-5,14-15,17-18,21-23H2,1-3H3,(H2,41,42,43)/t29-,32+/m0/s1. The maximum Gasteiger partial charge on any atom is 0.429 e. The molecule has 1 spiro atoms. The molecule has 0 aliphatic carbocycles. The van der Waals surface area contributed by atoms with Crippen molar-refractivity contribution in [2.45, 2.75) is 71.4 Å². The first-order valence-corrected chi connectivity index (χ1v) is 17.3. The highest BCUT2D eigenvalue weighted by Crippen LogP contribution is 2.45. The van der Waals surface area contributed by atoms with Gasteiger partial charge in [0.1, 0.15) is 18.5 Å². The van der Waals surface area contributed by atoms with Crippen LogP contribution in [0.1, 0.15) is 61.6 Å². The number of nitrogen functional groups attached to an aromatic ring is 1. The number of carbonyl (C=O) groups excluding carboxylic acids is 2. The summed E-state index contributed by atoms with van der Waals surface area (Å²) in [6.07, 6.45) is -4.04. The minimum atomic E-state index is -4.81. The molecule has 2 aromatic heterocycles. The number of hydrogen-bond donors (Lipinski definition) is 1. The van der Waals surface area contributed by atoms with Crippen LogP contribution in [0.15, 0.2) is 66.9 Å². The van der Waals surface area contributed by atoms with E-state index < -0.39 is 35.8 Å². The van der Waals surface area contributed by atoms with Crippen LogP contribution >= 0.6 is 0 Å². The molecule has 0 unspecified atom stereocenters. The highest BCUT2D eigenvalue weighted by atomic mass is 19.4. The SMILES string of the molecule is CCOC(=O)[C@@H]1CC2(CCN(c3cc(O[C@H](c4ccc(CC)cc4-n4ccc(C)n4)C(F)(F)F)nc(N)n3)CC2)CN1C(=O)OCc1ccccc1. The Kier molecular flexibility index (Phi) is 10.6. The molecule has 0 radical (unpaired) electrons. The lowest BCUT2D eigenvalue weighted by molar-refractivity contribution is -0.198. The van der Waals surface area contributed by atoms with Gasteiger partial charge in [0.2, 0.25) is 17.9 Å². The fourth-order valence-corrected chi connectivity index (χ4v) is 6.93. The molecule has 4 aromatic rings. The lowest BCUT2D eigenvalue weighted by Gasteiger charge is -2.39. The van der Waals surface area contributed by atoms with E-state index in [4.69, 9.17) is 19.9 Å². The van der Waals surface area contributed by atoms with Gasteiger partial charge in [0.25, 0.3) is 0 Å². The highest BCUT2D eigenvalue weighted by molar-refractivity contribution is 5.82. The third-order valence-electron chi connectivity index (χ3n) is 9.65. The van der Waals surface area contributed by atoms with E-state index in [2.05, 4.69) is 15.1 Å². The summed E-state index contributed by atoms with van der Waals surface area (Å²) in [4.78, 5) is 38.0. The molecule has 2 aliphatic heterocycles. The van der Waals surface area contributed by atoms with Crippen LogP contribution < -0.4 is 15.4 Å². The van der Waals surface area contributed by atoms with Crippen molar-refractivity contribution in [3.8, 4) is 11.6 Å². The van der Waals surface area contributed by atoms with Crippen molar-refractivity contribution in [1.82, 2.24) is 24.6 Å². The molecule has 2 saturated heterocycles. The second-order valence-electron chi connectivity index (χ2n) is 13.2. The van der Waals surface area contributed by atoms with E-state index in [1.807, 2.05) is 42.2 Å². The monoisotopic (exact) mass is 721 g/mol. The van der Waals surface area contributed by atoms with Crippen LogP contribution in [0, 0.1) is 12.3 Å². The number of amides is 1. The Morgan fingerprint density at radius 1 is 1.00 bits per heavy atom. The van der Waals surface area contributed by atoms with Crippen LogP contribution in [0.5, 0.6) is 5.88 Å². The molecule has 2 fully saturated rings. The molecule has 0 bridgehead atoms. The molecular formula is C37H42F3N7O5. The fourth-order valence-electron chi connectivity index (χ4n) is 6.93. The number of halogens is 3. The molecule has 2 aromatic carbocycles. The summed E-state index contributed by atoms with van der Waals surface area (Å²) in [6, 6.07) is 16.2. The van der Waals surface area contributed by atoms with E-state index in [1.54, 1.807) is 38.2 Å². The number of benzene rings is 2. The molecule has 1 amide bonds. The molecule has 12 nitrogen and oxygen atoms in total. The molecule has 15 heteroatoms. The van der Waals surface area contributed by atoms with Crippen molar-refractivity contribution >= 4 is 23.8 Å². The number of piperidine rings is 1. The van der Waals surface area contributed by atoms with E-state index in [0.717, 1.165) is 11.1 Å². The topological polar surface area (TPSA) is 138 Å². The molecule has 2 atom stereocenters. The van der Waals surface area contributed by atoms with Gasteiger partial charge in [-0.2, -0.15) is 28.2 Å². The van der Waals surface area contributed by atoms with E-state index in [-0.39, 0.29) is 36.3 Å². The third kappa shape index (κ3) is 8.08. The molecule has 276 valence electrons. The highest BCUT2D eigenvalue weighted by Gasteiger charge is 2.51. The summed E-state index contributed by atoms with van der Waals surface area (Å²) in [5.41, 5.74) is 8.05. The van der Waals surface area contributed by atoms with E-state index >= 15 is 0 Å². The predicted molar refractivity (Wildman–Crippen MR) is 186 cm³/mol. The third-order valence-corrected chi connectivity index (χ3v) is 9.65. The zero-order chi connectivity index (χ0) is 37.0. The number of anilines is 2. The fraction of sp³-hybridized carbons (Fsp3) is 0.432. The van der Waals surface area contributed by atoms with Crippen LogP contribution in [-0.4, -0.2) is 75.2 Å². The van der Waals surface area contributed by atoms with Gasteiger partial charge in [-0.15, -0.1) is 0 Å². The van der Waals surface area contributed by atoms with E-state index in [1.165, 1.54) is 21.7 Å².